The second-order valence-electron chi connectivity index (χ2n) is 2.74. The summed E-state index contributed by atoms with van der Waals surface area (Å²) in [6, 6.07) is 3.74. The molecule has 0 fully saturated rings. The Kier molecular flexibility index (Phi) is 2.15. The highest BCUT2D eigenvalue weighted by molar-refractivity contribution is 7.27. The molecule has 64 valence electrons. The lowest BCUT2D eigenvalue weighted by atomic mass is 10.3. The van der Waals surface area contributed by atoms with Gasteiger partial charge in [0.25, 0.3) is 0 Å². The van der Waals surface area contributed by atoms with E-state index in [1.165, 1.54) is 16.2 Å². The molecule has 12 heavy (non-hydrogen) atoms. The van der Waals surface area contributed by atoms with E-state index in [1.807, 2.05) is 0 Å². The van der Waals surface area contributed by atoms with Crippen LogP contribution in [0.4, 0.5) is 4.39 Å². The quantitative estimate of drug-likeness (QED) is 0.686. The standard InChI is InChI=1S/C9H9FS2/c1-2-3-6-4-7-8(11-6)5-9(10)12-7/h4-5H,2-3H2,1H3. The van der Waals surface area contributed by atoms with E-state index in [1.54, 1.807) is 17.4 Å². The third kappa shape index (κ3) is 1.39. The summed E-state index contributed by atoms with van der Waals surface area (Å²) in [5, 5.41) is -0.0701. The van der Waals surface area contributed by atoms with Gasteiger partial charge in [0.15, 0.2) is 5.13 Å². The Bertz CT molecular complexity index is 355. The van der Waals surface area contributed by atoms with Crippen molar-refractivity contribution in [2.24, 2.45) is 0 Å². The normalized spacial score (nSPS) is 11.2. The van der Waals surface area contributed by atoms with Gasteiger partial charge in [-0.1, -0.05) is 13.3 Å². The Labute approximate surface area is 78.7 Å². The van der Waals surface area contributed by atoms with Crippen molar-refractivity contribution in [2.45, 2.75) is 19.8 Å². The third-order valence-corrected chi connectivity index (χ3v) is 3.87. The Morgan fingerprint density at radius 3 is 2.67 bits per heavy atom. The summed E-state index contributed by atoms with van der Waals surface area (Å²) in [5.41, 5.74) is 0. The fourth-order valence-electron chi connectivity index (χ4n) is 1.23. The van der Waals surface area contributed by atoms with Crippen molar-refractivity contribution >= 4 is 32.1 Å². The number of rotatable bonds is 2. The minimum absolute atomic E-state index is 0.0701. The lowest BCUT2D eigenvalue weighted by Crippen LogP contribution is -1.72. The Balaban J connectivity index is 2.43. The van der Waals surface area contributed by atoms with Crippen LogP contribution in [0.3, 0.4) is 0 Å². The molecule has 0 bridgehead atoms. The van der Waals surface area contributed by atoms with Gasteiger partial charge in [-0.15, -0.1) is 22.7 Å². The lowest BCUT2D eigenvalue weighted by Gasteiger charge is -1.87. The van der Waals surface area contributed by atoms with E-state index in [-0.39, 0.29) is 5.13 Å². The molecule has 0 atom stereocenters. The molecule has 0 aliphatic carbocycles. The maximum atomic E-state index is 12.7. The third-order valence-electron chi connectivity index (χ3n) is 1.72. The number of hydrogen-bond acceptors (Lipinski definition) is 2. The van der Waals surface area contributed by atoms with E-state index in [0.29, 0.717) is 0 Å². The largest absolute Gasteiger partial charge is 0.195 e. The van der Waals surface area contributed by atoms with E-state index in [9.17, 15) is 4.39 Å². The first-order valence-electron chi connectivity index (χ1n) is 3.97. The molecule has 0 aromatic carbocycles. The summed E-state index contributed by atoms with van der Waals surface area (Å²) < 4.78 is 14.9. The van der Waals surface area contributed by atoms with Crippen molar-refractivity contribution in [1.82, 2.24) is 0 Å². The molecule has 0 radical (unpaired) electrons. The minimum Gasteiger partial charge on any atom is -0.195 e. The zero-order valence-corrected chi connectivity index (χ0v) is 8.40. The zero-order valence-electron chi connectivity index (χ0n) is 6.76. The van der Waals surface area contributed by atoms with Crippen LogP contribution in [0.2, 0.25) is 0 Å². The fourth-order valence-corrected chi connectivity index (χ4v) is 3.46. The molecule has 0 aliphatic rings. The average molecular weight is 200 g/mol. The molecule has 0 nitrogen and oxygen atoms in total. The molecule has 0 amide bonds. The summed E-state index contributed by atoms with van der Waals surface area (Å²) in [4.78, 5) is 1.37. The predicted molar refractivity (Wildman–Crippen MR) is 53.7 cm³/mol. The van der Waals surface area contributed by atoms with Crippen molar-refractivity contribution in [1.29, 1.82) is 0 Å². The number of halogens is 1. The summed E-state index contributed by atoms with van der Waals surface area (Å²) in [6.45, 7) is 2.16. The van der Waals surface area contributed by atoms with Crippen molar-refractivity contribution in [2.75, 3.05) is 0 Å². The molecule has 0 aliphatic heterocycles. The van der Waals surface area contributed by atoms with Gasteiger partial charge in [0.2, 0.25) is 0 Å². The first-order chi connectivity index (χ1) is 5.79. The number of fused-ring (bicyclic) bond motifs is 1. The maximum absolute atomic E-state index is 12.7. The molecule has 2 aromatic heterocycles. The highest BCUT2D eigenvalue weighted by atomic mass is 32.1. The van der Waals surface area contributed by atoms with Gasteiger partial charge in [0, 0.05) is 20.3 Å². The topological polar surface area (TPSA) is 0 Å². The van der Waals surface area contributed by atoms with Gasteiger partial charge in [0.05, 0.1) is 0 Å². The highest BCUT2D eigenvalue weighted by Crippen LogP contribution is 2.32. The molecule has 0 saturated heterocycles. The van der Waals surface area contributed by atoms with E-state index in [4.69, 9.17) is 0 Å². The second-order valence-corrected chi connectivity index (χ2v) is 4.94. The molecular weight excluding hydrogens is 191 g/mol. The van der Waals surface area contributed by atoms with Crippen molar-refractivity contribution in [3.8, 4) is 0 Å². The smallest absolute Gasteiger partial charge is 0.178 e. The van der Waals surface area contributed by atoms with E-state index in [2.05, 4.69) is 13.0 Å². The van der Waals surface area contributed by atoms with Gasteiger partial charge in [0.1, 0.15) is 0 Å². The molecule has 0 spiro atoms. The molecule has 0 unspecified atom stereocenters. The van der Waals surface area contributed by atoms with Gasteiger partial charge < -0.3 is 0 Å². The van der Waals surface area contributed by atoms with Gasteiger partial charge in [-0.25, -0.2) is 0 Å². The SMILES string of the molecule is CCCc1cc2sc(F)cc2s1. The van der Waals surface area contributed by atoms with Crippen LogP contribution in [0.25, 0.3) is 9.40 Å². The van der Waals surface area contributed by atoms with Gasteiger partial charge >= 0.3 is 0 Å². The minimum atomic E-state index is -0.0701. The van der Waals surface area contributed by atoms with E-state index in [0.717, 1.165) is 22.2 Å². The molecule has 2 aromatic rings. The molecule has 3 heteroatoms. The molecule has 0 saturated carbocycles. The number of hydrogen-bond donors (Lipinski definition) is 0. The van der Waals surface area contributed by atoms with Crippen molar-refractivity contribution < 1.29 is 4.39 Å². The van der Waals surface area contributed by atoms with Crippen LogP contribution in [-0.4, -0.2) is 0 Å². The highest BCUT2D eigenvalue weighted by Gasteiger charge is 2.05. The maximum Gasteiger partial charge on any atom is 0.178 e. The molecule has 0 N–H and O–H groups in total. The Morgan fingerprint density at radius 2 is 2.00 bits per heavy atom. The summed E-state index contributed by atoms with van der Waals surface area (Å²) in [5.74, 6) is 0. The van der Waals surface area contributed by atoms with Crippen LogP contribution < -0.4 is 0 Å². The Hall–Kier alpha value is -0.410. The lowest BCUT2D eigenvalue weighted by molar-refractivity contribution is 0.658. The van der Waals surface area contributed by atoms with Gasteiger partial charge in [-0.05, 0) is 12.5 Å². The summed E-state index contributed by atoms with van der Waals surface area (Å²) >= 11 is 2.96. The first-order valence-corrected chi connectivity index (χ1v) is 5.60. The zero-order chi connectivity index (χ0) is 8.55. The molecular formula is C9H9FS2. The van der Waals surface area contributed by atoms with E-state index < -0.39 is 0 Å². The fraction of sp³-hybridized carbons (Fsp3) is 0.333. The Morgan fingerprint density at radius 1 is 1.25 bits per heavy atom. The summed E-state index contributed by atoms with van der Waals surface area (Å²) in [7, 11) is 0. The van der Waals surface area contributed by atoms with Crippen LogP contribution in [0.1, 0.15) is 18.2 Å². The number of aryl methyl sites for hydroxylation is 1. The van der Waals surface area contributed by atoms with Crippen LogP contribution in [0.15, 0.2) is 12.1 Å². The first kappa shape index (κ1) is 8.20. The van der Waals surface area contributed by atoms with Crippen LogP contribution >= 0.6 is 22.7 Å². The predicted octanol–water partition coefficient (Wildman–Crippen LogP) is 4.05. The van der Waals surface area contributed by atoms with Crippen molar-refractivity contribution in [3.63, 3.8) is 0 Å². The van der Waals surface area contributed by atoms with Gasteiger partial charge in [-0.3, -0.25) is 0 Å². The van der Waals surface area contributed by atoms with E-state index >= 15 is 0 Å². The van der Waals surface area contributed by atoms with Crippen LogP contribution in [-0.2, 0) is 6.42 Å². The second kappa shape index (κ2) is 3.15. The monoisotopic (exact) mass is 200 g/mol. The molecule has 2 heterocycles. The van der Waals surface area contributed by atoms with Crippen LogP contribution in [0.5, 0.6) is 0 Å². The summed E-state index contributed by atoms with van der Waals surface area (Å²) in [6.07, 6.45) is 2.28. The average Bonchev–Trinajstić information content (AvgIpc) is 2.44. The molecule has 2 rings (SSSR count). The van der Waals surface area contributed by atoms with Crippen molar-refractivity contribution in [3.05, 3.63) is 22.1 Å². The van der Waals surface area contributed by atoms with Crippen LogP contribution in [0, 0.1) is 5.13 Å². The number of thiophene rings is 2. The van der Waals surface area contributed by atoms with Gasteiger partial charge in [-0.2, -0.15) is 4.39 Å².